The van der Waals surface area contributed by atoms with Gasteiger partial charge in [-0.1, -0.05) is 42.5 Å². The van der Waals surface area contributed by atoms with Gasteiger partial charge in [0.1, 0.15) is 5.75 Å². The number of ether oxygens (including phenoxy) is 1. The Hall–Kier alpha value is -2.33. The Kier molecular flexibility index (Phi) is 4.35. The van der Waals surface area contributed by atoms with Gasteiger partial charge in [-0.05, 0) is 36.1 Å². The van der Waals surface area contributed by atoms with Gasteiger partial charge in [-0.3, -0.25) is 4.79 Å². The second-order valence-corrected chi connectivity index (χ2v) is 5.95. The third-order valence-electron chi connectivity index (χ3n) is 4.47. The summed E-state index contributed by atoms with van der Waals surface area (Å²) in [6.45, 7) is 0.208. The van der Waals surface area contributed by atoms with Crippen LogP contribution in [-0.2, 0) is 10.2 Å². The third-order valence-corrected chi connectivity index (χ3v) is 4.47. The van der Waals surface area contributed by atoms with Crippen LogP contribution in [0.25, 0.3) is 0 Å². The van der Waals surface area contributed by atoms with E-state index in [1.54, 1.807) is 31.4 Å². The Morgan fingerprint density at radius 2 is 1.83 bits per heavy atom. The minimum atomic E-state index is -0.726. The first-order valence-corrected chi connectivity index (χ1v) is 7.81. The predicted molar refractivity (Wildman–Crippen MR) is 88.3 cm³/mol. The van der Waals surface area contributed by atoms with E-state index in [1.807, 2.05) is 30.3 Å². The molecular formula is C19H21NO3. The zero-order chi connectivity index (χ0) is 16.3. The van der Waals surface area contributed by atoms with E-state index >= 15 is 0 Å². The number of aliphatic hydroxyl groups is 1. The van der Waals surface area contributed by atoms with Crippen LogP contribution >= 0.6 is 0 Å². The maximum Gasteiger partial charge on any atom is 0.230 e. The lowest BCUT2D eigenvalue weighted by Crippen LogP contribution is -2.37. The lowest BCUT2D eigenvalue weighted by molar-refractivity contribution is -0.124. The van der Waals surface area contributed by atoms with Gasteiger partial charge >= 0.3 is 0 Å². The highest BCUT2D eigenvalue weighted by Gasteiger charge is 2.51. The van der Waals surface area contributed by atoms with E-state index in [9.17, 15) is 9.90 Å². The number of rotatable bonds is 6. The van der Waals surface area contributed by atoms with Crippen LogP contribution < -0.4 is 10.1 Å². The highest BCUT2D eigenvalue weighted by atomic mass is 16.5. The molecule has 0 aliphatic heterocycles. The summed E-state index contributed by atoms with van der Waals surface area (Å²) < 4.78 is 5.10. The average Bonchev–Trinajstić information content (AvgIpc) is 3.42. The molecule has 23 heavy (non-hydrogen) atoms. The molecule has 0 radical (unpaired) electrons. The van der Waals surface area contributed by atoms with Crippen molar-refractivity contribution < 1.29 is 14.6 Å². The van der Waals surface area contributed by atoms with Crippen LogP contribution in [0.4, 0.5) is 0 Å². The highest BCUT2D eigenvalue weighted by Crippen LogP contribution is 2.48. The second kappa shape index (κ2) is 6.42. The number of hydrogen-bond donors (Lipinski definition) is 2. The average molecular weight is 311 g/mol. The zero-order valence-electron chi connectivity index (χ0n) is 13.2. The van der Waals surface area contributed by atoms with Crippen LogP contribution in [-0.4, -0.2) is 24.7 Å². The molecule has 2 N–H and O–H groups in total. The van der Waals surface area contributed by atoms with Crippen molar-refractivity contribution in [2.24, 2.45) is 0 Å². The number of amides is 1. The molecule has 0 heterocycles. The van der Waals surface area contributed by atoms with Gasteiger partial charge in [0.25, 0.3) is 0 Å². The third kappa shape index (κ3) is 3.22. The Morgan fingerprint density at radius 1 is 1.17 bits per heavy atom. The summed E-state index contributed by atoms with van der Waals surface area (Å²) >= 11 is 0. The first-order chi connectivity index (χ1) is 11.2. The summed E-state index contributed by atoms with van der Waals surface area (Å²) in [6.07, 6.45) is 1.000. The SMILES string of the molecule is COc1ccc([C@@H](O)CNC(=O)C2(c3ccccc3)CC2)cc1. The molecule has 0 spiro atoms. The Labute approximate surface area is 136 Å². The molecule has 0 aromatic heterocycles. The molecule has 1 fully saturated rings. The molecule has 2 aromatic rings. The van der Waals surface area contributed by atoms with E-state index in [0.29, 0.717) is 0 Å². The second-order valence-electron chi connectivity index (χ2n) is 5.95. The van der Waals surface area contributed by atoms with Crippen molar-refractivity contribution in [3.63, 3.8) is 0 Å². The molecule has 0 bridgehead atoms. The van der Waals surface area contributed by atoms with Gasteiger partial charge in [0.05, 0.1) is 18.6 Å². The highest BCUT2D eigenvalue weighted by molar-refractivity contribution is 5.91. The zero-order valence-corrected chi connectivity index (χ0v) is 13.2. The van der Waals surface area contributed by atoms with E-state index in [-0.39, 0.29) is 12.5 Å². The topological polar surface area (TPSA) is 58.6 Å². The van der Waals surface area contributed by atoms with Gasteiger partial charge in [-0.25, -0.2) is 0 Å². The normalized spacial score (nSPS) is 16.4. The van der Waals surface area contributed by atoms with Crippen LogP contribution in [0.5, 0.6) is 5.75 Å². The van der Waals surface area contributed by atoms with Crippen molar-refractivity contribution in [2.75, 3.05) is 13.7 Å². The van der Waals surface area contributed by atoms with Crippen LogP contribution in [0, 0.1) is 0 Å². The molecule has 2 aromatic carbocycles. The summed E-state index contributed by atoms with van der Waals surface area (Å²) in [5, 5.41) is 13.1. The molecule has 1 atom stereocenters. The number of nitrogens with one attached hydrogen (secondary N) is 1. The summed E-state index contributed by atoms with van der Waals surface area (Å²) in [4.78, 5) is 12.5. The van der Waals surface area contributed by atoms with Crippen molar-refractivity contribution >= 4 is 5.91 Å². The van der Waals surface area contributed by atoms with Crippen molar-refractivity contribution in [1.82, 2.24) is 5.32 Å². The fourth-order valence-corrected chi connectivity index (χ4v) is 2.83. The van der Waals surface area contributed by atoms with E-state index in [4.69, 9.17) is 4.74 Å². The minimum absolute atomic E-state index is 0.00346. The Morgan fingerprint density at radius 3 is 2.39 bits per heavy atom. The van der Waals surface area contributed by atoms with Gasteiger partial charge in [-0.15, -0.1) is 0 Å². The fraction of sp³-hybridized carbons (Fsp3) is 0.316. The van der Waals surface area contributed by atoms with Crippen molar-refractivity contribution in [2.45, 2.75) is 24.4 Å². The number of methoxy groups -OCH3 is 1. The van der Waals surface area contributed by atoms with Crippen LogP contribution in [0.3, 0.4) is 0 Å². The molecule has 0 saturated heterocycles. The van der Waals surface area contributed by atoms with Gasteiger partial charge in [-0.2, -0.15) is 0 Å². The molecule has 4 nitrogen and oxygen atoms in total. The quantitative estimate of drug-likeness (QED) is 0.862. The van der Waals surface area contributed by atoms with Crippen molar-refractivity contribution in [1.29, 1.82) is 0 Å². The van der Waals surface area contributed by atoms with E-state index < -0.39 is 11.5 Å². The van der Waals surface area contributed by atoms with E-state index in [1.165, 1.54) is 0 Å². The molecule has 1 aliphatic rings. The van der Waals surface area contributed by atoms with Crippen LogP contribution in [0.2, 0.25) is 0 Å². The summed E-state index contributed by atoms with van der Waals surface area (Å²) in [5.74, 6) is 0.738. The summed E-state index contributed by atoms with van der Waals surface area (Å²) in [6, 6.07) is 17.0. The Bertz CT molecular complexity index is 663. The van der Waals surface area contributed by atoms with E-state index in [2.05, 4.69) is 5.32 Å². The van der Waals surface area contributed by atoms with E-state index in [0.717, 1.165) is 29.7 Å². The number of hydrogen-bond acceptors (Lipinski definition) is 3. The lowest BCUT2D eigenvalue weighted by atomic mass is 9.95. The molecule has 3 rings (SSSR count). The molecular weight excluding hydrogens is 290 g/mol. The largest absolute Gasteiger partial charge is 0.497 e. The molecule has 1 aliphatic carbocycles. The molecule has 120 valence electrons. The number of carbonyl (C=O) groups excluding carboxylic acids is 1. The number of aliphatic hydroxyl groups excluding tert-OH is 1. The predicted octanol–water partition coefficient (Wildman–Crippen LogP) is 2.58. The molecule has 4 heteroatoms. The standard InChI is InChI=1S/C19H21NO3/c1-23-16-9-7-14(8-10-16)17(21)13-20-18(22)19(11-12-19)15-5-3-2-4-6-15/h2-10,17,21H,11-13H2,1H3,(H,20,22)/t17-/m0/s1. The van der Waals surface area contributed by atoms with Crippen molar-refractivity contribution in [3.05, 3.63) is 65.7 Å². The maximum atomic E-state index is 12.5. The smallest absolute Gasteiger partial charge is 0.230 e. The van der Waals surface area contributed by atoms with Gasteiger partial charge in [0.2, 0.25) is 5.91 Å². The van der Waals surface area contributed by atoms with Gasteiger partial charge in [0.15, 0.2) is 0 Å². The maximum absolute atomic E-state index is 12.5. The van der Waals surface area contributed by atoms with Crippen LogP contribution in [0.15, 0.2) is 54.6 Å². The summed E-state index contributed by atoms with van der Waals surface area (Å²) in [5.41, 5.74) is 1.41. The number of benzene rings is 2. The first kappa shape index (κ1) is 15.6. The molecule has 1 saturated carbocycles. The van der Waals surface area contributed by atoms with Gasteiger partial charge < -0.3 is 15.2 Å². The molecule has 0 unspecified atom stereocenters. The monoisotopic (exact) mass is 311 g/mol. The lowest BCUT2D eigenvalue weighted by Gasteiger charge is -2.18. The van der Waals surface area contributed by atoms with Crippen molar-refractivity contribution in [3.8, 4) is 5.75 Å². The van der Waals surface area contributed by atoms with Crippen LogP contribution in [0.1, 0.15) is 30.1 Å². The fourth-order valence-electron chi connectivity index (χ4n) is 2.83. The minimum Gasteiger partial charge on any atom is -0.497 e. The first-order valence-electron chi connectivity index (χ1n) is 7.81. The van der Waals surface area contributed by atoms with Gasteiger partial charge in [0, 0.05) is 6.54 Å². The summed E-state index contributed by atoms with van der Waals surface area (Å²) in [7, 11) is 1.60. The Balaban J connectivity index is 1.60. The number of carbonyl (C=O) groups is 1. The molecule has 1 amide bonds.